The molecular weight excluding hydrogens is 346 g/mol. The number of anilines is 1. The van der Waals surface area contributed by atoms with Gasteiger partial charge in [-0.15, -0.1) is 0 Å². The number of imidazole rings is 1. The molecule has 27 heavy (non-hydrogen) atoms. The van der Waals surface area contributed by atoms with Crippen LogP contribution in [0.3, 0.4) is 0 Å². The third-order valence-electron chi connectivity index (χ3n) is 4.24. The van der Waals surface area contributed by atoms with Crippen molar-refractivity contribution >= 4 is 17.7 Å². The van der Waals surface area contributed by atoms with E-state index in [4.69, 9.17) is 10.5 Å². The topological polar surface area (TPSA) is 122 Å². The maximum absolute atomic E-state index is 12.9. The molecule has 3 aromatic rings. The van der Waals surface area contributed by atoms with Gasteiger partial charge in [0.05, 0.1) is 6.33 Å². The minimum Gasteiger partial charge on any atom is -0.448 e. The molecule has 2 aromatic carbocycles. The molecule has 0 saturated heterocycles. The number of ether oxygens (including phenoxy) is 1. The van der Waals surface area contributed by atoms with Crippen LogP contribution in [0.2, 0.25) is 0 Å². The molecule has 1 unspecified atom stereocenters. The average molecular weight is 363 g/mol. The molecule has 1 aliphatic heterocycles. The Morgan fingerprint density at radius 3 is 2.19 bits per heavy atom. The van der Waals surface area contributed by atoms with Gasteiger partial charge >= 0.3 is 5.97 Å². The number of amides is 1. The van der Waals surface area contributed by atoms with Gasteiger partial charge in [-0.25, -0.2) is 9.78 Å². The van der Waals surface area contributed by atoms with E-state index in [0.29, 0.717) is 0 Å². The molecule has 136 valence electrons. The van der Waals surface area contributed by atoms with Gasteiger partial charge in [-0.05, 0) is 11.1 Å². The second-order valence-electron chi connectivity index (χ2n) is 6.12. The lowest BCUT2D eigenvalue weighted by Crippen LogP contribution is -2.69. The molecule has 0 spiro atoms. The van der Waals surface area contributed by atoms with Crippen molar-refractivity contribution in [3.05, 3.63) is 83.8 Å². The number of benzene rings is 2. The number of carbonyl (C=O) groups excluding carboxylic acids is 2. The molecule has 1 aromatic heterocycles. The molecule has 4 rings (SSSR count). The molecule has 5 N–H and O–H groups in total. The predicted molar refractivity (Wildman–Crippen MR) is 97.4 cm³/mol. The normalized spacial score (nSPS) is 18.4. The van der Waals surface area contributed by atoms with Crippen LogP contribution in [0.1, 0.15) is 27.7 Å². The van der Waals surface area contributed by atoms with Gasteiger partial charge in [0, 0.05) is 0 Å². The van der Waals surface area contributed by atoms with Crippen LogP contribution < -0.4 is 16.4 Å². The molecule has 2 heterocycles. The van der Waals surface area contributed by atoms with Crippen LogP contribution in [0.5, 0.6) is 0 Å². The van der Waals surface area contributed by atoms with E-state index in [1.165, 1.54) is 6.33 Å². The van der Waals surface area contributed by atoms with Crippen molar-refractivity contribution in [3.8, 4) is 0 Å². The van der Waals surface area contributed by atoms with Crippen molar-refractivity contribution in [1.29, 1.82) is 0 Å². The Bertz CT molecular complexity index is 934. The minimum absolute atomic E-state index is 0.189. The zero-order valence-electron chi connectivity index (χ0n) is 14.2. The Balaban J connectivity index is 1.64. The summed E-state index contributed by atoms with van der Waals surface area (Å²) in [5.41, 5.74) is 7.86. The average Bonchev–Trinajstić information content (AvgIpc) is 3.16. The van der Waals surface area contributed by atoms with Crippen molar-refractivity contribution in [2.45, 2.75) is 11.9 Å². The van der Waals surface area contributed by atoms with Crippen LogP contribution in [-0.4, -0.2) is 27.6 Å². The highest BCUT2D eigenvalue weighted by molar-refractivity contribution is 6.03. The molecule has 0 fully saturated rings. The Morgan fingerprint density at radius 2 is 1.59 bits per heavy atom. The number of carbonyl (C=O) groups is 2. The summed E-state index contributed by atoms with van der Waals surface area (Å²) >= 11 is 0. The van der Waals surface area contributed by atoms with E-state index >= 15 is 0 Å². The summed E-state index contributed by atoms with van der Waals surface area (Å²) in [5.74, 6) is -3.12. The fourth-order valence-corrected chi connectivity index (χ4v) is 2.91. The van der Waals surface area contributed by atoms with Gasteiger partial charge in [-0.2, -0.15) is 0 Å². The molecule has 0 aliphatic carbocycles. The number of nitrogens with two attached hydrogens (primary N) is 1. The molecule has 8 heteroatoms. The first-order valence-corrected chi connectivity index (χ1v) is 8.31. The Labute approximate surface area is 154 Å². The van der Waals surface area contributed by atoms with Gasteiger partial charge in [-0.3, -0.25) is 10.5 Å². The number of aromatic nitrogens is 2. The molecular formula is C19H17N5O3. The highest BCUT2D eigenvalue weighted by Crippen LogP contribution is 2.28. The zero-order chi connectivity index (χ0) is 18.9. The smallest absolute Gasteiger partial charge is 0.370 e. The standard InChI is InChI=1S/C19H17N5O3/c20-19(23-16-14(17(25)24-19)21-11-22-16)18(26)27-15(12-7-3-1-4-8-12)13-9-5-2-6-10-13/h1-11,15,23H,20H2,(H,21,22)(H,24,25). The fraction of sp³-hybridized carbons (Fsp3) is 0.105. The van der Waals surface area contributed by atoms with Gasteiger partial charge < -0.3 is 20.4 Å². The third-order valence-corrected chi connectivity index (χ3v) is 4.24. The summed E-state index contributed by atoms with van der Waals surface area (Å²) in [7, 11) is 0. The van der Waals surface area contributed by atoms with Gasteiger partial charge in [0.15, 0.2) is 11.9 Å². The summed E-state index contributed by atoms with van der Waals surface area (Å²) in [6.07, 6.45) is 0.657. The van der Waals surface area contributed by atoms with E-state index in [2.05, 4.69) is 20.6 Å². The molecule has 0 saturated carbocycles. The number of hydrogen-bond donors (Lipinski definition) is 4. The van der Waals surface area contributed by atoms with Crippen molar-refractivity contribution in [1.82, 2.24) is 15.3 Å². The lowest BCUT2D eigenvalue weighted by atomic mass is 10.0. The van der Waals surface area contributed by atoms with E-state index in [0.717, 1.165) is 11.1 Å². The molecule has 1 amide bonds. The van der Waals surface area contributed by atoms with E-state index < -0.39 is 23.8 Å². The molecule has 0 bridgehead atoms. The second-order valence-corrected chi connectivity index (χ2v) is 6.12. The Morgan fingerprint density at radius 1 is 1.00 bits per heavy atom. The first-order chi connectivity index (χ1) is 13.1. The van der Waals surface area contributed by atoms with Crippen LogP contribution >= 0.6 is 0 Å². The Kier molecular flexibility index (Phi) is 4.09. The lowest BCUT2D eigenvalue weighted by molar-refractivity contribution is -0.154. The summed E-state index contributed by atoms with van der Waals surface area (Å²) in [4.78, 5) is 31.7. The van der Waals surface area contributed by atoms with E-state index in [1.54, 1.807) is 0 Å². The molecule has 1 atom stereocenters. The first-order valence-electron chi connectivity index (χ1n) is 8.31. The number of hydrogen-bond acceptors (Lipinski definition) is 6. The quantitative estimate of drug-likeness (QED) is 0.521. The number of rotatable bonds is 4. The number of fused-ring (bicyclic) bond motifs is 1. The minimum atomic E-state index is -1.93. The molecule has 8 nitrogen and oxygen atoms in total. The van der Waals surface area contributed by atoms with Gasteiger partial charge in [0.1, 0.15) is 5.69 Å². The van der Waals surface area contributed by atoms with Crippen LogP contribution in [0.25, 0.3) is 0 Å². The summed E-state index contributed by atoms with van der Waals surface area (Å²) in [6.45, 7) is 0. The van der Waals surface area contributed by atoms with Crippen molar-refractivity contribution in [2.24, 2.45) is 5.73 Å². The van der Waals surface area contributed by atoms with Crippen molar-refractivity contribution in [2.75, 3.05) is 5.32 Å². The Hall–Kier alpha value is -3.65. The molecule has 0 radical (unpaired) electrons. The van der Waals surface area contributed by atoms with Crippen LogP contribution in [0, 0.1) is 0 Å². The monoisotopic (exact) mass is 363 g/mol. The van der Waals surface area contributed by atoms with Gasteiger partial charge in [0.2, 0.25) is 0 Å². The highest BCUT2D eigenvalue weighted by Gasteiger charge is 2.44. The van der Waals surface area contributed by atoms with Gasteiger partial charge in [0.25, 0.3) is 11.7 Å². The molecule has 1 aliphatic rings. The summed E-state index contributed by atoms with van der Waals surface area (Å²) < 4.78 is 5.73. The number of nitrogens with one attached hydrogen (secondary N) is 3. The third kappa shape index (κ3) is 3.13. The summed E-state index contributed by atoms with van der Waals surface area (Å²) in [5, 5.41) is 5.15. The number of nitrogens with zero attached hydrogens (tertiary/aromatic N) is 1. The van der Waals surface area contributed by atoms with Crippen molar-refractivity contribution in [3.63, 3.8) is 0 Å². The van der Waals surface area contributed by atoms with E-state index in [-0.39, 0.29) is 11.5 Å². The van der Waals surface area contributed by atoms with E-state index in [1.807, 2.05) is 60.7 Å². The van der Waals surface area contributed by atoms with Crippen LogP contribution in [0.15, 0.2) is 67.0 Å². The largest absolute Gasteiger partial charge is 0.448 e. The summed E-state index contributed by atoms with van der Waals surface area (Å²) in [6, 6.07) is 18.6. The maximum atomic E-state index is 12.9. The second kappa shape index (κ2) is 6.58. The van der Waals surface area contributed by atoms with E-state index in [9.17, 15) is 9.59 Å². The predicted octanol–water partition coefficient (Wildman–Crippen LogP) is 1.51. The highest BCUT2D eigenvalue weighted by atomic mass is 16.5. The number of aromatic amines is 1. The maximum Gasteiger partial charge on any atom is 0.370 e. The number of esters is 1. The lowest BCUT2D eigenvalue weighted by Gasteiger charge is -2.33. The van der Waals surface area contributed by atoms with Gasteiger partial charge in [-0.1, -0.05) is 60.7 Å². The fourth-order valence-electron chi connectivity index (χ4n) is 2.91. The number of H-pyrrole nitrogens is 1. The van der Waals surface area contributed by atoms with Crippen molar-refractivity contribution < 1.29 is 14.3 Å². The first kappa shape index (κ1) is 16.8. The van der Waals surface area contributed by atoms with Crippen LogP contribution in [-0.2, 0) is 9.53 Å². The van der Waals surface area contributed by atoms with Crippen LogP contribution in [0.4, 0.5) is 5.82 Å². The SMILES string of the molecule is NC1(C(=O)OC(c2ccccc2)c2ccccc2)NC(=O)c2[nH]cnc2N1. The zero-order valence-corrected chi connectivity index (χ0v) is 14.2.